The Morgan fingerprint density at radius 2 is 2.08 bits per heavy atom. The standard InChI is InChI=1S/C19H15N3OS/c20-8-14-18(12-3-1-2-4-17(12)22-19(14)24)15-9-21-16-6-5-11(10-23)7-13(15)16/h5-7,9-10,21H,1-4H2,(H,22,24). The van der Waals surface area contributed by atoms with Crippen LogP contribution >= 0.6 is 12.2 Å². The van der Waals surface area contributed by atoms with E-state index in [2.05, 4.69) is 16.0 Å². The minimum atomic E-state index is 0.494. The number of pyridine rings is 1. The molecule has 0 unspecified atom stereocenters. The highest BCUT2D eigenvalue weighted by molar-refractivity contribution is 7.71. The molecule has 2 aromatic heterocycles. The van der Waals surface area contributed by atoms with Crippen LogP contribution in [-0.2, 0) is 12.8 Å². The fourth-order valence-electron chi connectivity index (χ4n) is 3.61. The molecule has 4 nitrogen and oxygen atoms in total. The van der Waals surface area contributed by atoms with Crippen molar-refractivity contribution in [3.8, 4) is 17.2 Å². The number of carbonyl (C=O) groups is 1. The number of H-pyrrole nitrogens is 2. The van der Waals surface area contributed by atoms with Crippen molar-refractivity contribution >= 4 is 29.4 Å². The summed E-state index contributed by atoms with van der Waals surface area (Å²) in [4.78, 5) is 17.6. The van der Waals surface area contributed by atoms with Crippen LogP contribution in [0.5, 0.6) is 0 Å². The number of carbonyl (C=O) groups excluding carboxylic acids is 1. The lowest BCUT2D eigenvalue weighted by Gasteiger charge is -2.20. The number of hydrogen-bond acceptors (Lipinski definition) is 3. The molecule has 0 aliphatic heterocycles. The Hall–Kier alpha value is -2.71. The summed E-state index contributed by atoms with van der Waals surface area (Å²) >= 11 is 5.42. The average Bonchev–Trinajstić information content (AvgIpc) is 3.03. The third-order valence-electron chi connectivity index (χ3n) is 4.73. The first kappa shape index (κ1) is 14.9. The number of nitrogens with one attached hydrogen (secondary N) is 2. The van der Waals surface area contributed by atoms with Crippen molar-refractivity contribution in [1.29, 1.82) is 5.26 Å². The van der Waals surface area contributed by atoms with Gasteiger partial charge in [0.25, 0.3) is 0 Å². The molecule has 0 radical (unpaired) electrons. The van der Waals surface area contributed by atoms with E-state index in [1.54, 1.807) is 6.07 Å². The van der Waals surface area contributed by atoms with Gasteiger partial charge in [-0.3, -0.25) is 4.79 Å². The monoisotopic (exact) mass is 333 g/mol. The van der Waals surface area contributed by atoms with E-state index < -0.39 is 0 Å². The highest BCUT2D eigenvalue weighted by Gasteiger charge is 2.22. The van der Waals surface area contributed by atoms with E-state index in [-0.39, 0.29) is 0 Å². The molecule has 2 N–H and O–H groups in total. The van der Waals surface area contributed by atoms with E-state index in [1.165, 1.54) is 5.56 Å². The van der Waals surface area contributed by atoms with Gasteiger partial charge in [0.15, 0.2) is 0 Å². The average molecular weight is 333 g/mol. The Labute approximate surface area is 144 Å². The van der Waals surface area contributed by atoms with E-state index in [9.17, 15) is 10.1 Å². The number of rotatable bonds is 2. The Morgan fingerprint density at radius 3 is 2.88 bits per heavy atom. The molecule has 0 saturated heterocycles. The number of fused-ring (bicyclic) bond motifs is 2. The number of nitrogens with zero attached hydrogens (tertiary/aromatic N) is 1. The second-order valence-electron chi connectivity index (χ2n) is 6.11. The van der Waals surface area contributed by atoms with E-state index in [4.69, 9.17) is 12.2 Å². The summed E-state index contributed by atoms with van der Waals surface area (Å²) in [5.41, 5.74) is 6.28. The third kappa shape index (κ3) is 2.19. The Balaban J connectivity index is 2.10. The summed E-state index contributed by atoms with van der Waals surface area (Å²) in [5, 5.41) is 10.6. The topological polar surface area (TPSA) is 72.4 Å². The van der Waals surface area contributed by atoms with Gasteiger partial charge >= 0.3 is 0 Å². The fraction of sp³-hybridized carbons (Fsp3) is 0.211. The number of aryl methyl sites for hydroxylation is 1. The van der Waals surface area contributed by atoms with Gasteiger partial charge < -0.3 is 9.97 Å². The molecule has 0 bridgehead atoms. The second-order valence-corrected chi connectivity index (χ2v) is 6.51. The van der Waals surface area contributed by atoms with E-state index in [0.717, 1.165) is 59.7 Å². The zero-order valence-electron chi connectivity index (χ0n) is 13.0. The van der Waals surface area contributed by atoms with E-state index >= 15 is 0 Å². The Bertz CT molecular complexity index is 1070. The molecule has 3 aromatic rings. The first-order chi connectivity index (χ1) is 11.7. The fourth-order valence-corrected chi connectivity index (χ4v) is 3.88. The lowest BCUT2D eigenvalue weighted by Crippen LogP contribution is -2.09. The van der Waals surface area contributed by atoms with Crippen molar-refractivity contribution < 1.29 is 4.79 Å². The van der Waals surface area contributed by atoms with E-state index in [1.807, 2.05) is 18.3 Å². The summed E-state index contributed by atoms with van der Waals surface area (Å²) in [7, 11) is 0. The molecule has 0 amide bonds. The highest BCUT2D eigenvalue weighted by atomic mass is 32.1. The molecule has 1 aliphatic carbocycles. The van der Waals surface area contributed by atoms with Gasteiger partial charge in [0.05, 0.1) is 5.56 Å². The molecule has 0 atom stereocenters. The van der Waals surface area contributed by atoms with Gasteiger partial charge in [-0.2, -0.15) is 5.26 Å². The van der Waals surface area contributed by atoms with Crippen LogP contribution in [0.1, 0.15) is 40.0 Å². The number of nitriles is 1. The van der Waals surface area contributed by atoms with Crippen LogP contribution in [0.3, 0.4) is 0 Å². The molecule has 1 aromatic carbocycles. The van der Waals surface area contributed by atoms with Gasteiger partial charge in [-0.15, -0.1) is 0 Å². The zero-order chi connectivity index (χ0) is 16.7. The summed E-state index contributed by atoms with van der Waals surface area (Å²) in [6.07, 6.45) is 6.89. The number of aromatic nitrogens is 2. The van der Waals surface area contributed by atoms with Gasteiger partial charge in [-0.25, -0.2) is 0 Å². The molecule has 5 heteroatoms. The minimum absolute atomic E-state index is 0.494. The zero-order valence-corrected chi connectivity index (χ0v) is 13.8. The molecule has 0 spiro atoms. The van der Waals surface area contributed by atoms with Crippen molar-refractivity contribution in [1.82, 2.24) is 9.97 Å². The number of benzene rings is 1. The van der Waals surface area contributed by atoms with Crippen molar-refractivity contribution in [3.63, 3.8) is 0 Å². The normalized spacial score (nSPS) is 13.5. The van der Waals surface area contributed by atoms with Crippen molar-refractivity contribution in [2.24, 2.45) is 0 Å². The van der Waals surface area contributed by atoms with Gasteiger partial charge in [0.2, 0.25) is 0 Å². The summed E-state index contributed by atoms with van der Waals surface area (Å²) in [6, 6.07) is 7.82. The van der Waals surface area contributed by atoms with E-state index in [0.29, 0.717) is 15.8 Å². The predicted molar refractivity (Wildman–Crippen MR) is 95.7 cm³/mol. The molecule has 1 aliphatic rings. The Kier molecular flexibility index (Phi) is 3.55. The van der Waals surface area contributed by atoms with Crippen LogP contribution in [0.4, 0.5) is 0 Å². The molecular formula is C19H15N3OS. The Morgan fingerprint density at radius 1 is 1.25 bits per heavy atom. The third-order valence-corrected chi connectivity index (χ3v) is 5.04. The largest absolute Gasteiger partial charge is 0.361 e. The quantitative estimate of drug-likeness (QED) is 0.537. The maximum absolute atomic E-state index is 11.1. The van der Waals surface area contributed by atoms with Gasteiger partial charge in [-0.05, 0) is 49.4 Å². The molecular weight excluding hydrogens is 318 g/mol. The lowest BCUT2D eigenvalue weighted by molar-refractivity contribution is 0.112. The SMILES string of the molecule is N#Cc1c(-c2c[nH]c3ccc(C=O)cc23)c2c([nH]c1=S)CCCC2. The van der Waals surface area contributed by atoms with Crippen molar-refractivity contribution in [2.45, 2.75) is 25.7 Å². The van der Waals surface area contributed by atoms with Crippen molar-refractivity contribution in [2.75, 3.05) is 0 Å². The predicted octanol–water partition coefficient (Wildman–Crippen LogP) is 4.46. The van der Waals surface area contributed by atoms with Gasteiger partial charge in [-0.1, -0.05) is 12.2 Å². The number of aromatic amines is 2. The summed E-state index contributed by atoms with van der Waals surface area (Å²) in [5.74, 6) is 0. The van der Waals surface area contributed by atoms with Crippen LogP contribution in [-0.4, -0.2) is 16.3 Å². The van der Waals surface area contributed by atoms with Crippen LogP contribution in [0.2, 0.25) is 0 Å². The molecule has 24 heavy (non-hydrogen) atoms. The van der Waals surface area contributed by atoms with Gasteiger partial charge in [0.1, 0.15) is 17.0 Å². The smallest absolute Gasteiger partial charge is 0.150 e. The second kappa shape index (κ2) is 5.73. The lowest BCUT2D eigenvalue weighted by atomic mass is 9.87. The minimum Gasteiger partial charge on any atom is -0.361 e. The molecule has 4 rings (SSSR count). The summed E-state index contributed by atoms with van der Waals surface area (Å²) in [6.45, 7) is 0. The van der Waals surface area contributed by atoms with Gasteiger partial charge in [0, 0.05) is 39.5 Å². The van der Waals surface area contributed by atoms with Crippen LogP contribution in [0.15, 0.2) is 24.4 Å². The number of hydrogen-bond donors (Lipinski definition) is 2. The first-order valence-corrected chi connectivity index (χ1v) is 8.38. The maximum atomic E-state index is 11.1. The van der Waals surface area contributed by atoms with Crippen LogP contribution in [0, 0.1) is 16.0 Å². The first-order valence-electron chi connectivity index (χ1n) is 7.97. The molecule has 0 saturated carbocycles. The molecule has 2 heterocycles. The van der Waals surface area contributed by atoms with Crippen LogP contribution < -0.4 is 0 Å². The molecule has 0 fully saturated rings. The number of aldehydes is 1. The summed E-state index contributed by atoms with van der Waals surface area (Å²) < 4.78 is 0.494. The van der Waals surface area contributed by atoms with Crippen molar-refractivity contribution in [3.05, 3.63) is 51.4 Å². The molecule has 118 valence electrons. The van der Waals surface area contributed by atoms with Crippen LogP contribution in [0.25, 0.3) is 22.0 Å². The maximum Gasteiger partial charge on any atom is 0.150 e. The highest BCUT2D eigenvalue weighted by Crippen LogP contribution is 2.37.